The SMILES string of the molecule is Cn1c(=O)c2ccccc2n2c(COC(=O)/C=C/c3ccc(F)cc3)nnc12. The van der Waals surface area contributed by atoms with Crippen LogP contribution in [-0.2, 0) is 23.2 Å². The first-order valence-electron chi connectivity index (χ1n) is 8.47. The highest BCUT2D eigenvalue weighted by molar-refractivity contribution is 5.87. The Morgan fingerprint density at radius 1 is 1.14 bits per heavy atom. The third-order valence-corrected chi connectivity index (χ3v) is 4.32. The fraction of sp³-hybridized carbons (Fsp3) is 0.100. The van der Waals surface area contributed by atoms with Crippen molar-refractivity contribution in [1.82, 2.24) is 19.2 Å². The molecule has 28 heavy (non-hydrogen) atoms. The van der Waals surface area contributed by atoms with E-state index in [2.05, 4.69) is 10.2 Å². The van der Waals surface area contributed by atoms with Gasteiger partial charge in [-0.2, -0.15) is 0 Å². The summed E-state index contributed by atoms with van der Waals surface area (Å²) in [6.07, 6.45) is 2.78. The number of benzene rings is 2. The predicted octanol–water partition coefficient (Wildman–Crippen LogP) is 2.48. The average Bonchev–Trinajstić information content (AvgIpc) is 3.14. The van der Waals surface area contributed by atoms with Gasteiger partial charge in [-0.15, -0.1) is 10.2 Å². The van der Waals surface area contributed by atoms with Crippen LogP contribution in [0.4, 0.5) is 4.39 Å². The molecule has 2 aromatic heterocycles. The second-order valence-corrected chi connectivity index (χ2v) is 6.13. The van der Waals surface area contributed by atoms with Gasteiger partial charge in [0.1, 0.15) is 5.82 Å². The van der Waals surface area contributed by atoms with E-state index in [4.69, 9.17) is 4.74 Å². The van der Waals surface area contributed by atoms with Crippen LogP contribution in [0.1, 0.15) is 11.4 Å². The van der Waals surface area contributed by atoms with Gasteiger partial charge in [-0.25, -0.2) is 9.18 Å². The Morgan fingerprint density at radius 2 is 1.89 bits per heavy atom. The van der Waals surface area contributed by atoms with Crippen molar-refractivity contribution in [2.75, 3.05) is 0 Å². The van der Waals surface area contributed by atoms with Crippen molar-refractivity contribution < 1.29 is 13.9 Å². The van der Waals surface area contributed by atoms with Crippen molar-refractivity contribution in [3.8, 4) is 0 Å². The average molecular weight is 378 g/mol. The van der Waals surface area contributed by atoms with Gasteiger partial charge in [0.2, 0.25) is 5.78 Å². The number of carbonyl (C=O) groups is 1. The molecule has 140 valence electrons. The number of rotatable bonds is 4. The van der Waals surface area contributed by atoms with Crippen molar-refractivity contribution in [1.29, 1.82) is 0 Å². The number of nitrogens with zero attached hydrogens (tertiary/aromatic N) is 4. The summed E-state index contributed by atoms with van der Waals surface area (Å²) < 4.78 is 21.2. The molecular weight excluding hydrogens is 363 g/mol. The van der Waals surface area contributed by atoms with Gasteiger partial charge < -0.3 is 4.74 Å². The highest BCUT2D eigenvalue weighted by atomic mass is 19.1. The maximum atomic E-state index is 12.9. The second kappa shape index (κ2) is 7.07. The van der Waals surface area contributed by atoms with Crippen LogP contribution in [0.3, 0.4) is 0 Å². The molecule has 0 aliphatic carbocycles. The third-order valence-electron chi connectivity index (χ3n) is 4.32. The van der Waals surface area contributed by atoms with Gasteiger partial charge >= 0.3 is 5.97 Å². The molecule has 0 spiro atoms. The molecule has 0 aliphatic heterocycles. The quantitative estimate of drug-likeness (QED) is 0.403. The molecule has 7 nitrogen and oxygen atoms in total. The van der Waals surface area contributed by atoms with Crippen LogP contribution >= 0.6 is 0 Å². The van der Waals surface area contributed by atoms with Crippen molar-refractivity contribution in [3.63, 3.8) is 0 Å². The Balaban J connectivity index is 1.59. The molecule has 2 heterocycles. The van der Waals surface area contributed by atoms with Gasteiger partial charge in [0.25, 0.3) is 5.56 Å². The molecule has 0 N–H and O–H groups in total. The summed E-state index contributed by atoms with van der Waals surface area (Å²) in [6, 6.07) is 12.8. The fourth-order valence-electron chi connectivity index (χ4n) is 2.91. The number of hydrogen-bond donors (Lipinski definition) is 0. The summed E-state index contributed by atoms with van der Waals surface area (Å²) in [7, 11) is 1.61. The molecule has 4 aromatic rings. The summed E-state index contributed by atoms with van der Waals surface area (Å²) in [5.74, 6) is -0.169. The number of ether oxygens (including phenoxy) is 1. The minimum atomic E-state index is -0.574. The molecule has 0 saturated carbocycles. The first-order chi connectivity index (χ1) is 13.5. The van der Waals surface area contributed by atoms with E-state index < -0.39 is 5.97 Å². The maximum absolute atomic E-state index is 12.9. The molecule has 8 heteroatoms. The lowest BCUT2D eigenvalue weighted by molar-refractivity contribution is -0.139. The topological polar surface area (TPSA) is 78.5 Å². The smallest absolute Gasteiger partial charge is 0.331 e. The molecule has 0 fully saturated rings. The lowest BCUT2D eigenvalue weighted by atomic mass is 10.2. The highest BCUT2D eigenvalue weighted by Gasteiger charge is 2.15. The van der Waals surface area contributed by atoms with Crippen molar-refractivity contribution >= 4 is 28.7 Å². The van der Waals surface area contributed by atoms with E-state index in [9.17, 15) is 14.0 Å². The van der Waals surface area contributed by atoms with Crippen LogP contribution in [0.15, 0.2) is 59.4 Å². The number of halogens is 1. The minimum absolute atomic E-state index is 0.115. The van der Waals surface area contributed by atoms with Gasteiger partial charge in [0.05, 0.1) is 10.9 Å². The number of aryl methyl sites for hydroxylation is 1. The van der Waals surface area contributed by atoms with Gasteiger partial charge in [0, 0.05) is 13.1 Å². The Hall–Kier alpha value is -3.81. The standard InChI is InChI=1S/C20H15FN4O3/c1-24-19(27)15-4-2-3-5-16(15)25-17(22-23-20(24)25)12-28-18(26)11-8-13-6-9-14(21)10-7-13/h2-11H,12H2,1H3/b11-8+. The maximum Gasteiger partial charge on any atom is 0.331 e. The summed E-state index contributed by atoms with van der Waals surface area (Å²) in [5, 5.41) is 8.61. The zero-order valence-electron chi connectivity index (χ0n) is 14.9. The summed E-state index contributed by atoms with van der Waals surface area (Å²) >= 11 is 0. The third kappa shape index (κ3) is 3.16. The number of aromatic nitrogens is 4. The Bertz CT molecular complexity index is 1270. The monoisotopic (exact) mass is 378 g/mol. The van der Waals surface area contributed by atoms with Gasteiger partial charge in [-0.3, -0.25) is 13.8 Å². The summed E-state index contributed by atoms with van der Waals surface area (Å²) in [6.45, 7) is -0.115. The van der Waals surface area contributed by atoms with E-state index >= 15 is 0 Å². The fourth-order valence-corrected chi connectivity index (χ4v) is 2.91. The molecular formula is C20H15FN4O3. The molecule has 0 saturated heterocycles. The van der Waals surface area contributed by atoms with E-state index in [1.807, 2.05) is 6.07 Å². The van der Waals surface area contributed by atoms with Gasteiger partial charge in [-0.05, 0) is 35.9 Å². The van der Waals surface area contributed by atoms with Crippen LogP contribution in [-0.4, -0.2) is 25.1 Å². The molecule has 0 radical (unpaired) electrons. The second-order valence-electron chi connectivity index (χ2n) is 6.13. The number of fused-ring (bicyclic) bond motifs is 3. The normalized spacial score (nSPS) is 11.5. The van der Waals surface area contributed by atoms with E-state index in [0.717, 1.165) is 0 Å². The Kier molecular flexibility index (Phi) is 4.44. The predicted molar refractivity (Wildman–Crippen MR) is 101 cm³/mol. The lowest BCUT2D eigenvalue weighted by Crippen LogP contribution is -2.20. The zero-order valence-corrected chi connectivity index (χ0v) is 14.9. The largest absolute Gasteiger partial charge is 0.454 e. The van der Waals surface area contributed by atoms with Crippen LogP contribution in [0.2, 0.25) is 0 Å². The molecule has 0 amide bonds. The van der Waals surface area contributed by atoms with Crippen LogP contribution in [0, 0.1) is 5.82 Å². The van der Waals surface area contributed by atoms with Crippen LogP contribution in [0.5, 0.6) is 0 Å². The van der Waals surface area contributed by atoms with E-state index in [1.54, 1.807) is 41.8 Å². The number of hydrogen-bond acceptors (Lipinski definition) is 5. The Morgan fingerprint density at radius 3 is 2.68 bits per heavy atom. The van der Waals surface area contributed by atoms with Crippen LogP contribution < -0.4 is 5.56 Å². The Labute approximate surface area is 158 Å². The molecule has 0 unspecified atom stereocenters. The highest BCUT2D eigenvalue weighted by Crippen LogP contribution is 2.14. The first-order valence-corrected chi connectivity index (χ1v) is 8.47. The van der Waals surface area contributed by atoms with E-state index in [0.29, 0.717) is 28.1 Å². The van der Waals surface area contributed by atoms with E-state index in [-0.39, 0.29) is 18.0 Å². The summed E-state index contributed by atoms with van der Waals surface area (Å²) in [4.78, 5) is 24.4. The molecule has 0 atom stereocenters. The minimum Gasteiger partial charge on any atom is -0.454 e. The van der Waals surface area contributed by atoms with Crippen molar-refractivity contribution in [2.45, 2.75) is 6.61 Å². The van der Waals surface area contributed by atoms with Gasteiger partial charge in [-0.1, -0.05) is 24.3 Å². The molecule has 0 aliphatic rings. The number of carbonyl (C=O) groups excluding carboxylic acids is 1. The number of esters is 1. The molecule has 0 bridgehead atoms. The number of para-hydroxylation sites is 1. The van der Waals surface area contributed by atoms with Crippen molar-refractivity contribution in [3.05, 3.63) is 82.2 Å². The zero-order chi connectivity index (χ0) is 19.7. The molecule has 2 aromatic carbocycles. The van der Waals surface area contributed by atoms with Crippen LogP contribution in [0.25, 0.3) is 22.8 Å². The first kappa shape index (κ1) is 17.6. The van der Waals surface area contributed by atoms with Gasteiger partial charge in [0.15, 0.2) is 12.4 Å². The molecule has 4 rings (SSSR count). The van der Waals surface area contributed by atoms with Crippen molar-refractivity contribution in [2.24, 2.45) is 7.05 Å². The van der Waals surface area contributed by atoms with E-state index in [1.165, 1.54) is 28.9 Å². The lowest BCUT2D eigenvalue weighted by Gasteiger charge is -2.07. The summed E-state index contributed by atoms with van der Waals surface area (Å²) in [5.41, 5.74) is 1.13.